The topological polar surface area (TPSA) is 57.5 Å². The van der Waals surface area contributed by atoms with Crippen LogP contribution in [0.25, 0.3) is 0 Å². The molecule has 0 aliphatic rings. The molecule has 2 N–H and O–H groups in total. The molecule has 0 fully saturated rings. The van der Waals surface area contributed by atoms with Crippen LogP contribution in [0, 0.1) is 0 Å². The number of hydrogen-bond donors (Lipinski definition) is 2. The van der Waals surface area contributed by atoms with Gasteiger partial charge in [-0.3, -0.25) is 4.57 Å². The summed E-state index contributed by atoms with van der Waals surface area (Å²) in [6, 6.07) is 0. The summed E-state index contributed by atoms with van der Waals surface area (Å²) in [5.41, 5.74) is 0. The molecule has 0 unspecified atom stereocenters. The van der Waals surface area contributed by atoms with Gasteiger partial charge in [-0.05, 0) is 6.92 Å². The fourth-order valence-corrected chi connectivity index (χ4v) is 1.08. The zero-order chi connectivity index (χ0) is 6.78. The molecule has 0 aliphatic heterocycles. The normalized spacial score (nSPS) is 14.2. The molecular formula is C3H6ClO3P. The molecule has 5 heteroatoms. The molecule has 0 aromatic rings. The van der Waals surface area contributed by atoms with E-state index < -0.39 is 7.60 Å². The van der Waals surface area contributed by atoms with Gasteiger partial charge in [-0.25, -0.2) is 0 Å². The molecule has 0 spiro atoms. The molecule has 0 aromatic heterocycles. The van der Waals surface area contributed by atoms with Crippen LogP contribution in [0.2, 0.25) is 0 Å². The molecule has 48 valence electrons. The second kappa shape index (κ2) is 2.65. The molecule has 0 radical (unpaired) electrons. The Labute approximate surface area is 52.1 Å². The zero-order valence-electron chi connectivity index (χ0n) is 4.21. The van der Waals surface area contributed by atoms with Gasteiger partial charge in [0.15, 0.2) is 0 Å². The predicted octanol–water partition coefficient (Wildman–Crippen LogP) is 1.26. The van der Waals surface area contributed by atoms with Crippen LogP contribution in [0.4, 0.5) is 0 Å². The summed E-state index contributed by atoms with van der Waals surface area (Å²) < 4.78 is 9.98. The molecule has 0 bridgehead atoms. The minimum absolute atomic E-state index is 0.110. The average molecular weight is 157 g/mol. The predicted molar refractivity (Wildman–Crippen MR) is 31.7 cm³/mol. The first-order valence-corrected chi connectivity index (χ1v) is 3.88. The molecule has 0 heterocycles. The number of hydrogen-bond acceptors (Lipinski definition) is 1. The smallest absolute Gasteiger partial charge is 0.321 e. The molecule has 0 saturated heterocycles. The Morgan fingerprint density at radius 1 is 1.75 bits per heavy atom. The van der Waals surface area contributed by atoms with Gasteiger partial charge in [0.1, 0.15) is 0 Å². The summed E-state index contributed by atoms with van der Waals surface area (Å²) in [4.78, 5) is 16.3. The third kappa shape index (κ3) is 6.18. The third-order valence-corrected chi connectivity index (χ3v) is 1.33. The van der Waals surface area contributed by atoms with Crippen molar-refractivity contribution in [2.24, 2.45) is 0 Å². The van der Waals surface area contributed by atoms with Crippen molar-refractivity contribution in [1.29, 1.82) is 0 Å². The van der Waals surface area contributed by atoms with Gasteiger partial charge in [-0.2, -0.15) is 0 Å². The maximum Gasteiger partial charge on any atom is 0.350 e. The quantitative estimate of drug-likeness (QED) is 0.562. The van der Waals surface area contributed by atoms with E-state index in [1.165, 1.54) is 6.92 Å². The Bertz CT molecular complexity index is 143. The molecule has 0 aromatic carbocycles. The standard InChI is InChI=1S/C3H6ClO3P/c1-3(4)2-8(5,6)7/h2H,1H3,(H2,5,6,7). The first-order valence-electron chi connectivity index (χ1n) is 1.82. The minimum atomic E-state index is -4.02. The summed E-state index contributed by atoms with van der Waals surface area (Å²) >= 11 is 5.13. The van der Waals surface area contributed by atoms with Gasteiger partial charge >= 0.3 is 7.60 Å². The SMILES string of the molecule is CC(Cl)=CP(=O)(O)O. The molecule has 0 rings (SSSR count). The van der Waals surface area contributed by atoms with Crippen LogP contribution in [0.5, 0.6) is 0 Å². The fourth-order valence-electron chi connectivity index (χ4n) is 0.232. The molecule has 0 atom stereocenters. The van der Waals surface area contributed by atoms with Crippen molar-refractivity contribution in [1.82, 2.24) is 0 Å². The van der Waals surface area contributed by atoms with Crippen LogP contribution in [0.3, 0.4) is 0 Å². The Kier molecular flexibility index (Phi) is 2.71. The number of halogens is 1. The van der Waals surface area contributed by atoms with Crippen LogP contribution in [-0.4, -0.2) is 9.79 Å². The van der Waals surface area contributed by atoms with E-state index in [1.807, 2.05) is 0 Å². The van der Waals surface area contributed by atoms with Gasteiger partial charge < -0.3 is 9.79 Å². The molecule has 8 heavy (non-hydrogen) atoms. The Hall–Kier alpha value is 0.180. The van der Waals surface area contributed by atoms with Crippen molar-refractivity contribution in [2.75, 3.05) is 0 Å². The molecule has 0 aliphatic carbocycles. The Morgan fingerprint density at radius 3 is 2.12 bits per heavy atom. The lowest BCUT2D eigenvalue weighted by atomic mass is 10.8. The maximum absolute atomic E-state index is 9.98. The second-order valence-electron chi connectivity index (χ2n) is 1.30. The zero-order valence-corrected chi connectivity index (χ0v) is 5.86. The fraction of sp³-hybridized carbons (Fsp3) is 0.333. The summed E-state index contributed by atoms with van der Waals surface area (Å²) in [6.45, 7) is 1.40. The highest BCUT2D eigenvalue weighted by atomic mass is 35.5. The minimum Gasteiger partial charge on any atom is -0.321 e. The maximum atomic E-state index is 9.98. The van der Waals surface area contributed by atoms with Gasteiger partial charge in [-0.1, -0.05) is 11.6 Å². The van der Waals surface area contributed by atoms with Crippen LogP contribution >= 0.6 is 19.2 Å². The Morgan fingerprint density at radius 2 is 2.12 bits per heavy atom. The van der Waals surface area contributed by atoms with Crippen molar-refractivity contribution < 1.29 is 14.4 Å². The number of rotatable bonds is 1. The van der Waals surface area contributed by atoms with E-state index in [1.54, 1.807) is 0 Å². The van der Waals surface area contributed by atoms with E-state index in [0.29, 0.717) is 5.82 Å². The number of allylic oxidation sites excluding steroid dienone is 1. The summed E-state index contributed by atoms with van der Waals surface area (Å²) in [6.07, 6.45) is 0. The highest BCUT2D eigenvalue weighted by Crippen LogP contribution is 2.37. The van der Waals surface area contributed by atoms with Gasteiger partial charge in [-0.15, -0.1) is 0 Å². The van der Waals surface area contributed by atoms with E-state index >= 15 is 0 Å². The average Bonchev–Trinajstić information content (AvgIpc) is 1.21. The molecule has 3 nitrogen and oxygen atoms in total. The molecule has 0 saturated carbocycles. The van der Waals surface area contributed by atoms with Crippen LogP contribution in [-0.2, 0) is 4.57 Å². The third-order valence-electron chi connectivity index (χ3n) is 0.346. The van der Waals surface area contributed by atoms with E-state index in [-0.39, 0.29) is 5.03 Å². The second-order valence-corrected chi connectivity index (χ2v) is 3.34. The van der Waals surface area contributed by atoms with Gasteiger partial charge in [0, 0.05) is 10.8 Å². The lowest BCUT2D eigenvalue weighted by Crippen LogP contribution is -1.68. The summed E-state index contributed by atoms with van der Waals surface area (Å²) in [7, 11) is -4.02. The van der Waals surface area contributed by atoms with Crippen molar-refractivity contribution in [2.45, 2.75) is 6.92 Å². The van der Waals surface area contributed by atoms with Gasteiger partial charge in [0.2, 0.25) is 0 Å². The van der Waals surface area contributed by atoms with Gasteiger partial charge in [0.25, 0.3) is 0 Å². The first-order chi connectivity index (χ1) is 3.42. The highest BCUT2D eigenvalue weighted by molar-refractivity contribution is 7.55. The van der Waals surface area contributed by atoms with Crippen LogP contribution < -0.4 is 0 Å². The highest BCUT2D eigenvalue weighted by Gasteiger charge is 2.06. The van der Waals surface area contributed by atoms with Crippen molar-refractivity contribution in [3.8, 4) is 0 Å². The van der Waals surface area contributed by atoms with Crippen LogP contribution in [0.15, 0.2) is 10.8 Å². The van der Waals surface area contributed by atoms with Crippen molar-refractivity contribution >= 4 is 19.2 Å². The largest absolute Gasteiger partial charge is 0.350 e. The monoisotopic (exact) mass is 156 g/mol. The lowest BCUT2D eigenvalue weighted by molar-refractivity contribution is 0.386. The van der Waals surface area contributed by atoms with Crippen molar-refractivity contribution in [3.63, 3.8) is 0 Å². The van der Waals surface area contributed by atoms with E-state index in [4.69, 9.17) is 21.4 Å². The summed E-state index contributed by atoms with van der Waals surface area (Å²) in [5, 5.41) is 0.110. The summed E-state index contributed by atoms with van der Waals surface area (Å²) in [5.74, 6) is 0.703. The van der Waals surface area contributed by atoms with E-state index in [9.17, 15) is 4.57 Å². The molecular weight excluding hydrogens is 150 g/mol. The van der Waals surface area contributed by atoms with Gasteiger partial charge in [0.05, 0.1) is 0 Å². The first kappa shape index (κ1) is 8.18. The van der Waals surface area contributed by atoms with E-state index in [2.05, 4.69) is 0 Å². The molecule has 0 amide bonds. The van der Waals surface area contributed by atoms with E-state index in [0.717, 1.165) is 0 Å². The lowest BCUT2D eigenvalue weighted by Gasteiger charge is -1.92. The van der Waals surface area contributed by atoms with Crippen molar-refractivity contribution in [3.05, 3.63) is 10.8 Å². The Balaban J connectivity index is 4.11. The van der Waals surface area contributed by atoms with Crippen LogP contribution in [0.1, 0.15) is 6.92 Å².